The first-order chi connectivity index (χ1) is 11.5. The third kappa shape index (κ3) is 3.61. The summed E-state index contributed by atoms with van der Waals surface area (Å²) in [5.74, 6) is 1.26. The smallest absolute Gasteiger partial charge is 0.231 e. The van der Waals surface area contributed by atoms with Gasteiger partial charge in [0.15, 0.2) is 0 Å². The first kappa shape index (κ1) is 16.6. The maximum Gasteiger partial charge on any atom is 0.231 e. The van der Waals surface area contributed by atoms with Gasteiger partial charge in [-0.3, -0.25) is 0 Å². The summed E-state index contributed by atoms with van der Waals surface area (Å²) < 4.78 is 0. The summed E-state index contributed by atoms with van der Waals surface area (Å²) in [4.78, 5) is 11.0. The van der Waals surface area contributed by atoms with Crippen molar-refractivity contribution in [1.82, 2.24) is 9.97 Å². The molecule has 0 atom stereocenters. The number of aryl methyl sites for hydroxylation is 1. The fraction of sp³-hybridized carbons (Fsp3) is 0.111. The summed E-state index contributed by atoms with van der Waals surface area (Å²) in [6.07, 6.45) is 0. The molecule has 122 valence electrons. The Balaban J connectivity index is 1.93. The molecule has 0 radical (unpaired) electrons. The Hall–Kier alpha value is -2.30. The van der Waals surface area contributed by atoms with Crippen molar-refractivity contribution in [1.29, 1.82) is 0 Å². The van der Waals surface area contributed by atoms with Gasteiger partial charge in [-0.15, -0.1) is 0 Å². The van der Waals surface area contributed by atoms with E-state index in [1.807, 2.05) is 67.4 Å². The van der Waals surface area contributed by atoms with Crippen molar-refractivity contribution < 1.29 is 0 Å². The van der Waals surface area contributed by atoms with Gasteiger partial charge in [0.1, 0.15) is 5.82 Å². The van der Waals surface area contributed by atoms with E-state index in [9.17, 15) is 0 Å². The SMILES string of the molecule is Cc1cc(Nc2cccc(Cl)c2Cl)nc(N(C)c2ccccc2)n1. The van der Waals surface area contributed by atoms with E-state index >= 15 is 0 Å². The molecular weight excluding hydrogens is 343 g/mol. The summed E-state index contributed by atoms with van der Waals surface area (Å²) in [6, 6.07) is 17.2. The number of para-hydroxylation sites is 1. The van der Waals surface area contributed by atoms with Crippen LogP contribution in [-0.4, -0.2) is 17.0 Å². The van der Waals surface area contributed by atoms with Crippen LogP contribution in [0.15, 0.2) is 54.6 Å². The highest BCUT2D eigenvalue weighted by Gasteiger charge is 2.11. The van der Waals surface area contributed by atoms with Crippen LogP contribution in [0.1, 0.15) is 5.69 Å². The van der Waals surface area contributed by atoms with Crippen LogP contribution >= 0.6 is 23.2 Å². The van der Waals surface area contributed by atoms with Crippen molar-refractivity contribution >= 4 is 46.3 Å². The summed E-state index contributed by atoms with van der Waals surface area (Å²) in [5.41, 5.74) is 2.56. The van der Waals surface area contributed by atoms with Crippen LogP contribution in [-0.2, 0) is 0 Å². The fourth-order valence-corrected chi connectivity index (χ4v) is 2.62. The highest BCUT2D eigenvalue weighted by atomic mass is 35.5. The van der Waals surface area contributed by atoms with Crippen molar-refractivity contribution in [2.24, 2.45) is 0 Å². The Bertz CT molecular complexity index is 853. The molecule has 6 heteroatoms. The summed E-state index contributed by atoms with van der Waals surface area (Å²) >= 11 is 12.3. The second-order valence-electron chi connectivity index (χ2n) is 5.32. The minimum atomic E-state index is 0.466. The molecule has 0 fully saturated rings. The van der Waals surface area contributed by atoms with Gasteiger partial charge in [-0.2, -0.15) is 4.98 Å². The van der Waals surface area contributed by atoms with Crippen molar-refractivity contribution in [3.05, 3.63) is 70.3 Å². The average Bonchev–Trinajstić information content (AvgIpc) is 2.58. The predicted octanol–water partition coefficient (Wildman–Crippen LogP) is 5.60. The van der Waals surface area contributed by atoms with Gasteiger partial charge >= 0.3 is 0 Å². The van der Waals surface area contributed by atoms with Crippen LogP contribution in [0.3, 0.4) is 0 Å². The van der Waals surface area contributed by atoms with Crippen LogP contribution < -0.4 is 10.2 Å². The van der Waals surface area contributed by atoms with Gasteiger partial charge in [-0.25, -0.2) is 4.98 Å². The molecule has 0 unspecified atom stereocenters. The first-order valence-electron chi connectivity index (χ1n) is 7.40. The molecule has 0 saturated carbocycles. The zero-order valence-corrected chi connectivity index (χ0v) is 14.8. The molecule has 0 aliphatic heterocycles. The van der Waals surface area contributed by atoms with E-state index in [0.29, 0.717) is 27.5 Å². The number of halogens is 2. The topological polar surface area (TPSA) is 41.1 Å². The molecule has 0 spiro atoms. The normalized spacial score (nSPS) is 10.5. The van der Waals surface area contributed by atoms with Crippen LogP contribution in [0, 0.1) is 6.92 Å². The number of benzene rings is 2. The van der Waals surface area contributed by atoms with Crippen LogP contribution in [0.4, 0.5) is 23.1 Å². The molecule has 3 rings (SSSR count). The highest BCUT2D eigenvalue weighted by molar-refractivity contribution is 6.43. The summed E-state index contributed by atoms with van der Waals surface area (Å²) in [5, 5.41) is 4.17. The zero-order chi connectivity index (χ0) is 17.1. The Morgan fingerprint density at radius 1 is 0.958 bits per heavy atom. The molecule has 1 heterocycles. The van der Waals surface area contributed by atoms with Gasteiger partial charge in [0.05, 0.1) is 15.7 Å². The molecule has 0 amide bonds. The number of nitrogens with one attached hydrogen (secondary N) is 1. The monoisotopic (exact) mass is 358 g/mol. The van der Waals surface area contributed by atoms with Crippen LogP contribution in [0.2, 0.25) is 10.0 Å². The van der Waals surface area contributed by atoms with E-state index in [0.717, 1.165) is 11.4 Å². The minimum absolute atomic E-state index is 0.466. The average molecular weight is 359 g/mol. The summed E-state index contributed by atoms with van der Waals surface area (Å²) in [7, 11) is 1.93. The number of anilines is 4. The molecule has 1 N–H and O–H groups in total. The molecule has 0 saturated heterocycles. The Morgan fingerprint density at radius 2 is 1.71 bits per heavy atom. The third-order valence-corrected chi connectivity index (χ3v) is 4.32. The lowest BCUT2D eigenvalue weighted by molar-refractivity contribution is 1.02. The van der Waals surface area contributed by atoms with E-state index in [2.05, 4.69) is 15.3 Å². The predicted molar refractivity (Wildman–Crippen MR) is 101 cm³/mol. The highest BCUT2D eigenvalue weighted by Crippen LogP contribution is 2.32. The lowest BCUT2D eigenvalue weighted by Crippen LogP contribution is -2.14. The maximum absolute atomic E-state index is 6.23. The van der Waals surface area contributed by atoms with Gasteiger partial charge in [-0.1, -0.05) is 47.5 Å². The Kier molecular flexibility index (Phi) is 4.88. The van der Waals surface area contributed by atoms with Gasteiger partial charge in [0.25, 0.3) is 0 Å². The molecule has 2 aromatic carbocycles. The second-order valence-corrected chi connectivity index (χ2v) is 6.10. The van der Waals surface area contributed by atoms with Gasteiger partial charge in [0, 0.05) is 24.5 Å². The lowest BCUT2D eigenvalue weighted by Gasteiger charge is -2.18. The Labute approximate surface area is 151 Å². The van der Waals surface area contributed by atoms with E-state index < -0.39 is 0 Å². The molecule has 3 aromatic rings. The van der Waals surface area contributed by atoms with Crippen LogP contribution in [0.5, 0.6) is 0 Å². The molecule has 1 aromatic heterocycles. The van der Waals surface area contributed by atoms with Gasteiger partial charge in [-0.05, 0) is 31.2 Å². The molecule has 24 heavy (non-hydrogen) atoms. The molecular formula is C18H16Cl2N4. The largest absolute Gasteiger partial charge is 0.339 e. The number of hydrogen-bond acceptors (Lipinski definition) is 4. The van der Waals surface area contributed by atoms with E-state index in [1.165, 1.54) is 0 Å². The first-order valence-corrected chi connectivity index (χ1v) is 8.15. The standard InChI is InChI=1S/C18H16Cl2N4/c1-12-11-16(22-15-10-6-9-14(19)17(15)20)23-18(21-12)24(2)13-7-4-3-5-8-13/h3-11H,1-2H3,(H,21,22,23). The number of aromatic nitrogens is 2. The van der Waals surface area contributed by atoms with E-state index in [-0.39, 0.29) is 0 Å². The molecule has 0 aliphatic rings. The van der Waals surface area contributed by atoms with Crippen molar-refractivity contribution in [3.63, 3.8) is 0 Å². The lowest BCUT2D eigenvalue weighted by atomic mass is 10.3. The summed E-state index contributed by atoms with van der Waals surface area (Å²) in [6.45, 7) is 1.93. The number of hydrogen-bond donors (Lipinski definition) is 1. The second kappa shape index (κ2) is 7.07. The van der Waals surface area contributed by atoms with Gasteiger partial charge < -0.3 is 10.2 Å². The van der Waals surface area contributed by atoms with Gasteiger partial charge in [0.2, 0.25) is 5.95 Å². The number of rotatable bonds is 4. The maximum atomic E-state index is 6.23. The van der Waals surface area contributed by atoms with E-state index in [4.69, 9.17) is 23.2 Å². The van der Waals surface area contributed by atoms with E-state index in [1.54, 1.807) is 6.07 Å². The van der Waals surface area contributed by atoms with Crippen molar-refractivity contribution in [2.45, 2.75) is 6.92 Å². The molecule has 0 bridgehead atoms. The molecule has 0 aliphatic carbocycles. The quantitative estimate of drug-likeness (QED) is 0.658. The Morgan fingerprint density at radius 3 is 2.46 bits per heavy atom. The molecule has 4 nitrogen and oxygen atoms in total. The van der Waals surface area contributed by atoms with Crippen molar-refractivity contribution in [2.75, 3.05) is 17.3 Å². The zero-order valence-electron chi connectivity index (χ0n) is 13.3. The van der Waals surface area contributed by atoms with Crippen LogP contribution in [0.25, 0.3) is 0 Å². The number of nitrogens with zero attached hydrogens (tertiary/aromatic N) is 3. The minimum Gasteiger partial charge on any atom is -0.339 e. The van der Waals surface area contributed by atoms with Crippen molar-refractivity contribution in [3.8, 4) is 0 Å². The fourth-order valence-electron chi connectivity index (χ4n) is 2.27. The third-order valence-electron chi connectivity index (χ3n) is 3.50.